The van der Waals surface area contributed by atoms with Gasteiger partial charge in [0.1, 0.15) is 0 Å². The SMILES string of the molecule is CCCC1CCC(c2ccc(OCC)c(F)c2F)CC1. The molecule has 1 aliphatic rings. The maximum Gasteiger partial charge on any atom is 0.200 e. The molecule has 0 unspecified atom stereocenters. The molecule has 1 fully saturated rings. The minimum absolute atomic E-state index is 0.0217. The van der Waals surface area contributed by atoms with Gasteiger partial charge in [-0.2, -0.15) is 4.39 Å². The molecule has 112 valence electrons. The predicted octanol–water partition coefficient (Wildman–Crippen LogP) is 5.44. The van der Waals surface area contributed by atoms with Gasteiger partial charge in [-0.05, 0) is 56.1 Å². The van der Waals surface area contributed by atoms with E-state index in [-0.39, 0.29) is 11.7 Å². The van der Waals surface area contributed by atoms with Crippen LogP contribution in [0, 0.1) is 17.6 Å². The van der Waals surface area contributed by atoms with E-state index in [0.717, 1.165) is 31.6 Å². The Hall–Kier alpha value is -1.12. The molecule has 20 heavy (non-hydrogen) atoms. The van der Waals surface area contributed by atoms with E-state index in [0.29, 0.717) is 12.2 Å². The molecule has 1 aromatic carbocycles. The van der Waals surface area contributed by atoms with Crippen molar-refractivity contribution in [3.8, 4) is 5.75 Å². The Morgan fingerprint density at radius 3 is 2.35 bits per heavy atom. The Kier molecular flexibility index (Phi) is 5.38. The predicted molar refractivity (Wildman–Crippen MR) is 77.1 cm³/mol. The monoisotopic (exact) mass is 282 g/mol. The van der Waals surface area contributed by atoms with Gasteiger partial charge in [-0.15, -0.1) is 0 Å². The van der Waals surface area contributed by atoms with Gasteiger partial charge in [0.25, 0.3) is 0 Å². The van der Waals surface area contributed by atoms with Crippen LogP contribution in [0.15, 0.2) is 12.1 Å². The van der Waals surface area contributed by atoms with Gasteiger partial charge in [0.2, 0.25) is 5.82 Å². The first-order valence-electron chi connectivity index (χ1n) is 7.78. The molecule has 0 amide bonds. The Morgan fingerprint density at radius 1 is 1.05 bits per heavy atom. The van der Waals surface area contributed by atoms with E-state index in [1.165, 1.54) is 12.8 Å². The lowest BCUT2D eigenvalue weighted by molar-refractivity contribution is 0.295. The molecule has 0 N–H and O–H groups in total. The average molecular weight is 282 g/mol. The first kappa shape index (κ1) is 15.3. The van der Waals surface area contributed by atoms with Crippen LogP contribution in [0.5, 0.6) is 5.75 Å². The fraction of sp³-hybridized carbons (Fsp3) is 0.647. The molecule has 1 saturated carbocycles. The highest BCUT2D eigenvalue weighted by atomic mass is 19.2. The van der Waals surface area contributed by atoms with Crippen molar-refractivity contribution < 1.29 is 13.5 Å². The van der Waals surface area contributed by atoms with Crippen molar-refractivity contribution in [1.29, 1.82) is 0 Å². The van der Waals surface area contributed by atoms with Gasteiger partial charge in [0.05, 0.1) is 6.61 Å². The van der Waals surface area contributed by atoms with E-state index in [1.54, 1.807) is 19.1 Å². The maximum absolute atomic E-state index is 14.2. The molecule has 0 aromatic heterocycles. The molecular weight excluding hydrogens is 258 g/mol. The van der Waals surface area contributed by atoms with E-state index >= 15 is 0 Å². The maximum atomic E-state index is 14.2. The van der Waals surface area contributed by atoms with Crippen LogP contribution in [-0.2, 0) is 0 Å². The molecule has 3 heteroatoms. The quantitative estimate of drug-likeness (QED) is 0.699. The second-order valence-electron chi connectivity index (χ2n) is 5.72. The van der Waals surface area contributed by atoms with Gasteiger partial charge in [-0.3, -0.25) is 0 Å². The van der Waals surface area contributed by atoms with Crippen LogP contribution in [0.4, 0.5) is 8.78 Å². The molecule has 0 heterocycles. The lowest BCUT2D eigenvalue weighted by Crippen LogP contribution is -2.15. The molecule has 0 atom stereocenters. The standard InChI is InChI=1S/C17H24F2O/c1-3-5-12-6-8-13(9-7-12)14-10-11-15(20-4-2)17(19)16(14)18/h10-13H,3-9H2,1-2H3. The Morgan fingerprint density at radius 2 is 1.75 bits per heavy atom. The van der Waals surface area contributed by atoms with Gasteiger partial charge < -0.3 is 4.74 Å². The molecule has 0 radical (unpaired) electrons. The van der Waals surface area contributed by atoms with Gasteiger partial charge in [-0.1, -0.05) is 25.8 Å². The van der Waals surface area contributed by atoms with E-state index in [1.807, 2.05) is 0 Å². The summed E-state index contributed by atoms with van der Waals surface area (Å²) in [5.41, 5.74) is 0.529. The fourth-order valence-electron chi connectivity index (χ4n) is 3.30. The number of benzene rings is 1. The number of halogens is 2. The number of hydrogen-bond donors (Lipinski definition) is 0. The summed E-state index contributed by atoms with van der Waals surface area (Å²) in [6.07, 6.45) is 6.66. The lowest BCUT2D eigenvalue weighted by Gasteiger charge is -2.29. The summed E-state index contributed by atoms with van der Waals surface area (Å²) in [7, 11) is 0. The minimum Gasteiger partial charge on any atom is -0.491 e. The van der Waals surface area contributed by atoms with Crippen molar-refractivity contribution in [3.63, 3.8) is 0 Å². The van der Waals surface area contributed by atoms with Crippen LogP contribution in [0.1, 0.15) is 63.9 Å². The fourth-order valence-corrected chi connectivity index (χ4v) is 3.30. The van der Waals surface area contributed by atoms with Gasteiger partial charge in [0, 0.05) is 0 Å². The molecule has 1 nitrogen and oxygen atoms in total. The smallest absolute Gasteiger partial charge is 0.200 e. The van der Waals surface area contributed by atoms with Gasteiger partial charge >= 0.3 is 0 Å². The zero-order valence-corrected chi connectivity index (χ0v) is 12.4. The number of hydrogen-bond acceptors (Lipinski definition) is 1. The third kappa shape index (κ3) is 3.31. The Labute approximate surface area is 120 Å². The zero-order valence-electron chi connectivity index (χ0n) is 12.4. The van der Waals surface area contributed by atoms with Gasteiger partial charge in [0.15, 0.2) is 11.6 Å². The van der Waals surface area contributed by atoms with Crippen molar-refractivity contribution in [2.24, 2.45) is 5.92 Å². The van der Waals surface area contributed by atoms with Crippen LogP contribution < -0.4 is 4.74 Å². The highest BCUT2D eigenvalue weighted by molar-refractivity contribution is 5.33. The molecule has 0 spiro atoms. The number of ether oxygens (including phenoxy) is 1. The number of rotatable bonds is 5. The van der Waals surface area contributed by atoms with Crippen LogP contribution in [0.3, 0.4) is 0 Å². The molecule has 2 rings (SSSR count). The van der Waals surface area contributed by atoms with E-state index in [2.05, 4.69) is 6.92 Å². The lowest BCUT2D eigenvalue weighted by atomic mass is 9.77. The Balaban J connectivity index is 2.08. The molecule has 0 saturated heterocycles. The highest BCUT2D eigenvalue weighted by Gasteiger charge is 2.26. The summed E-state index contributed by atoms with van der Waals surface area (Å²) < 4.78 is 33.2. The third-order valence-electron chi connectivity index (χ3n) is 4.36. The average Bonchev–Trinajstić information content (AvgIpc) is 2.46. The third-order valence-corrected chi connectivity index (χ3v) is 4.36. The van der Waals surface area contributed by atoms with E-state index in [4.69, 9.17) is 4.74 Å². The molecule has 0 bridgehead atoms. The summed E-state index contributed by atoms with van der Waals surface area (Å²) in [6.45, 7) is 4.31. The van der Waals surface area contributed by atoms with Crippen molar-refractivity contribution in [2.75, 3.05) is 6.61 Å². The van der Waals surface area contributed by atoms with Crippen molar-refractivity contribution in [1.82, 2.24) is 0 Å². The zero-order chi connectivity index (χ0) is 14.5. The minimum atomic E-state index is -0.833. The van der Waals surface area contributed by atoms with Crippen LogP contribution >= 0.6 is 0 Å². The summed E-state index contributed by atoms with van der Waals surface area (Å²) in [5, 5.41) is 0. The van der Waals surface area contributed by atoms with Crippen LogP contribution in [0.2, 0.25) is 0 Å². The largest absolute Gasteiger partial charge is 0.491 e. The van der Waals surface area contributed by atoms with Gasteiger partial charge in [-0.25, -0.2) is 4.39 Å². The Bertz CT molecular complexity index is 437. The molecule has 0 aliphatic heterocycles. The normalized spacial score (nSPS) is 22.8. The molecule has 1 aliphatic carbocycles. The highest BCUT2D eigenvalue weighted by Crippen LogP contribution is 2.39. The first-order valence-corrected chi connectivity index (χ1v) is 7.78. The van der Waals surface area contributed by atoms with Crippen molar-refractivity contribution in [2.45, 2.75) is 58.3 Å². The summed E-state index contributed by atoms with van der Waals surface area (Å²) in [5.74, 6) is -0.594. The van der Waals surface area contributed by atoms with Crippen molar-refractivity contribution in [3.05, 3.63) is 29.3 Å². The second kappa shape index (κ2) is 7.05. The van der Waals surface area contributed by atoms with E-state index in [9.17, 15) is 8.78 Å². The second-order valence-corrected chi connectivity index (χ2v) is 5.72. The molecular formula is C17H24F2O. The topological polar surface area (TPSA) is 9.23 Å². The summed E-state index contributed by atoms with van der Waals surface area (Å²) in [4.78, 5) is 0. The summed E-state index contributed by atoms with van der Waals surface area (Å²) >= 11 is 0. The van der Waals surface area contributed by atoms with Crippen LogP contribution in [0.25, 0.3) is 0 Å². The van der Waals surface area contributed by atoms with Crippen LogP contribution in [-0.4, -0.2) is 6.61 Å². The first-order chi connectivity index (χ1) is 9.67. The summed E-state index contributed by atoms with van der Waals surface area (Å²) in [6, 6.07) is 3.27. The molecule has 1 aromatic rings. The van der Waals surface area contributed by atoms with Crippen molar-refractivity contribution >= 4 is 0 Å². The van der Waals surface area contributed by atoms with E-state index < -0.39 is 11.6 Å².